The van der Waals surface area contributed by atoms with E-state index in [-0.39, 0.29) is 0 Å². The number of rotatable bonds is 5. The lowest BCUT2D eigenvalue weighted by Gasteiger charge is -2.17. The van der Waals surface area contributed by atoms with Crippen molar-refractivity contribution in [3.05, 3.63) is 0 Å². The molecule has 104 valence electrons. The molecular formula is C14H28N4. The third-order valence-corrected chi connectivity index (χ3v) is 4.12. The van der Waals surface area contributed by atoms with Crippen molar-refractivity contribution in [1.82, 2.24) is 15.5 Å². The van der Waals surface area contributed by atoms with Gasteiger partial charge in [-0.3, -0.25) is 4.99 Å². The lowest BCUT2D eigenvalue weighted by molar-refractivity contribution is 0.324. The van der Waals surface area contributed by atoms with Crippen LogP contribution in [0.4, 0.5) is 0 Å². The molecule has 1 heterocycles. The Labute approximate surface area is 111 Å². The van der Waals surface area contributed by atoms with E-state index in [0.29, 0.717) is 6.04 Å². The molecule has 0 radical (unpaired) electrons. The largest absolute Gasteiger partial charge is 0.356 e. The minimum Gasteiger partial charge on any atom is -0.356 e. The van der Waals surface area contributed by atoms with E-state index in [1.807, 2.05) is 7.05 Å². The van der Waals surface area contributed by atoms with Gasteiger partial charge in [0.1, 0.15) is 0 Å². The second kappa shape index (κ2) is 6.41. The van der Waals surface area contributed by atoms with Crippen LogP contribution in [0.1, 0.15) is 33.1 Å². The minimum atomic E-state index is 0.649. The molecule has 2 aliphatic rings. The first-order valence-electron chi connectivity index (χ1n) is 7.42. The van der Waals surface area contributed by atoms with E-state index in [4.69, 9.17) is 0 Å². The Morgan fingerprint density at radius 3 is 2.83 bits per heavy atom. The first-order chi connectivity index (χ1) is 8.72. The molecule has 0 spiro atoms. The Balaban J connectivity index is 1.64. The summed E-state index contributed by atoms with van der Waals surface area (Å²) in [5.41, 5.74) is 0. The van der Waals surface area contributed by atoms with Gasteiger partial charge in [-0.25, -0.2) is 0 Å². The number of hydrogen-bond donors (Lipinski definition) is 2. The highest BCUT2D eigenvalue weighted by Gasteiger charge is 2.33. The van der Waals surface area contributed by atoms with Crippen molar-refractivity contribution in [2.45, 2.75) is 39.2 Å². The summed E-state index contributed by atoms with van der Waals surface area (Å²) in [5, 5.41) is 6.95. The van der Waals surface area contributed by atoms with Gasteiger partial charge in [0.25, 0.3) is 0 Å². The van der Waals surface area contributed by atoms with Gasteiger partial charge in [-0.05, 0) is 44.2 Å². The lowest BCUT2D eigenvalue weighted by atomic mass is 10.1. The van der Waals surface area contributed by atoms with Crippen LogP contribution in [0, 0.1) is 11.8 Å². The molecule has 4 heteroatoms. The maximum absolute atomic E-state index is 4.30. The fraction of sp³-hybridized carbons (Fsp3) is 0.929. The maximum atomic E-state index is 4.30. The monoisotopic (exact) mass is 252 g/mol. The molecule has 0 aromatic heterocycles. The molecule has 2 fully saturated rings. The number of nitrogens with one attached hydrogen (secondary N) is 2. The third-order valence-electron chi connectivity index (χ3n) is 4.12. The molecule has 1 saturated heterocycles. The van der Waals surface area contributed by atoms with Gasteiger partial charge in [-0.15, -0.1) is 0 Å². The van der Waals surface area contributed by atoms with Gasteiger partial charge < -0.3 is 15.5 Å². The molecule has 0 bridgehead atoms. The molecule has 18 heavy (non-hydrogen) atoms. The predicted octanol–water partition coefficient (Wildman–Crippen LogP) is 1.29. The molecule has 0 aromatic rings. The fourth-order valence-electron chi connectivity index (χ4n) is 2.73. The number of nitrogens with zero attached hydrogens (tertiary/aromatic N) is 2. The molecule has 3 unspecified atom stereocenters. The van der Waals surface area contributed by atoms with Crippen LogP contribution >= 0.6 is 0 Å². The van der Waals surface area contributed by atoms with E-state index >= 15 is 0 Å². The Hall–Kier alpha value is -0.770. The number of likely N-dealkylation sites (tertiary alicyclic amines) is 1. The summed E-state index contributed by atoms with van der Waals surface area (Å²) in [6, 6.07) is 0.649. The van der Waals surface area contributed by atoms with Crippen molar-refractivity contribution in [1.29, 1.82) is 0 Å². The zero-order valence-corrected chi connectivity index (χ0v) is 12.1. The Morgan fingerprint density at radius 1 is 1.44 bits per heavy atom. The second-order valence-electron chi connectivity index (χ2n) is 5.87. The van der Waals surface area contributed by atoms with E-state index in [1.54, 1.807) is 0 Å². The van der Waals surface area contributed by atoms with E-state index in [2.05, 4.69) is 34.4 Å². The van der Waals surface area contributed by atoms with Crippen molar-refractivity contribution in [2.75, 3.05) is 33.2 Å². The highest BCUT2D eigenvalue weighted by molar-refractivity contribution is 5.80. The van der Waals surface area contributed by atoms with Crippen LogP contribution in [0.3, 0.4) is 0 Å². The van der Waals surface area contributed by atoms with Crippen LogP contribution in [0.2, 0.25) is 0 Å². The molecule has 1 aliphatic carbocycles. The molecule has 2 rings (SSSR count). The Bertz CT molecular complexity index is 290. The van der Waals surface area contributed by atoms with Gasteiger partial charge in [0.05, 0.1) is 0 Å². The third kappa shape index (κ3) is 3.87. The molecule has 0 aromatic carbocycles. The van der Waals surface area contributed by atoms with Gasteiger partial charge >= 0.3 is 0 Å². The zero-order valence-electron chi connectivity index (χ0n) is 12.1. The van der Waals surface area contributed by atoms with E-state index < -0.39 is 0 Å². The summed E-state index contributed by atoms with van der Waals surface area (Å²) in [4.78, 5) is 6.87. The van der Waals surface area contributed by atoms with Crippen LogP contribution in [-0.2, 0) is 0 Å². The van der Waals surface area contributed by atoms with E-state index in [1.165, 1.54) is 38.9 Å². The number of hydrogen-bond acceptors (Lipinski definition) is 2. The van der Waals surface area contributed by atoms with E-state index in [0.717, 1.165) is 24.3 Å². The highest BCUT2D eigenvalue weighted by Crippen LogP contribution is 2.28. The van der Waals surface area contributed by atoms with Crippen molar-refractivity contribution in [2.24, 2.45) is 16.8 Å². The predicted molar refractivity (Wildman–Crippen MR) is 76.9 cm³/mol. The quantitative estimate of drug-likeness (QED) is 0.572. The molecule has 3 atom stereocenters. The molecule has 1 aliphatic heterocycles. The number of aliphatic imine (C=N–C) groups is 1. The van der Waals surface area contributed by atoms with E-state index in [9.17, 15) is 0 Å². The summed E-state index contributed by atoms with van der Waals surface area (Å²) < 4.78 is 0. The van der Waals surface area contributed by atoms with Crippen LogP contribution in [0.5, 0.6) is 0 Å². The van der Waals surface area contributed by atoms with Crippen LogP contribution < -0.4 is 10.6 Å². The average Bonchev–Trinajstić information content (AvgIpc) is 2.87. The van der Waals surface area contributed by atoms with Crippen LogP contribution in [-0.4, -0.2) is 50.1 Å². The van der Waals surface area contributed by atoms with Gasteiger partial charge in [0, 0.05) is 26.2 Å². The van der Waals surface area contributed by atoms with Gasteiger partial charge in [0.2, 0.25) is 0 Å². The summed E-state index contributed by atoms with van der Waals surface area (Å²) >= 11 is 0. The Kier molecular flexibility index (Phi) is 4.87. The molecule has 4 nitrogen and oxygen atoms in total. The van der Waals surface area contributed by atoms with Crippen molar-refractivity contribution in [3.63, 3.8) is 0 Å². The topological polar surface area (TPSA) is 39.7 Å². The first kappa shape index (κ1) is 13.7. The van der Waals surface area contributed by atoms with Crippen molar-refractivity contribution in [3.8, 4) is 0 Å². The number of guanidine groups is 1. The SMILES string of the molecule is CCCN1CCC(CNC(=NC)NC2CC2C)C1. The van der Waals surface area contributed by atoms with Crippen molar-refractivity contribution >= 4 is 5.96 Å². The normalized spacial score (nSPS) is 32.6. The van der Waals surface area contributed by atoms with Gasteiger partial charge in [-0.1, -0.05) is 13.8 Å². The minimum absolute atomic E-state index is 0.649. The summed E-state index contributed by atoms with van der Waals surface area (Å²) in [5.74, 6) is 2.58. The molecule has 1 saturated carbocycles. The standard InChI is InChI=1S/C14H28N4/c1-4-6-18-7-5-12(10-18)9-16-14(15-3)17-13-8-11(13)2/h11-13H,4-10H2,1-3H3,(H2,15,16,17). The summed E-state index contributed by atoms with van der Waals surface area (Å²) in [6.45, 7) is 9.37. The van der Waals surface area contributed by atoms with Crippen LogP contribution in [0.15, 0.2) is 4.99 Å². The maximum Gasteiger partial charge on any atom is 0.191 e. The second-order valence-corrected chi connectivity index (χ2v) is 5.87. The Morgan fingerprint density at radius 2 is 2.22 bits per heavy atom. The lowest BCUT2D eigenvalue weighted by Crippen LogP contribution is -2.41. The van der Waals surface area contributed by atoms with Crippen molar-refractivity contribution < 1.29 is 0 Å². The fourth-order valence-corrected chi connectivity index (χ4v) is 2.73. The average molecular weight is 252 g/mol. The molecular weight excluding hydrogens is 224 g/mol. The zero-order chi connectivity index (χ0) is 13.0. The molecule has 0 amide bonds. The van der Waals surface area contributed by atoms with Crippen LogP contribution in [0.25, 0.3) is 0 Å². The first-order valence-corrected chi connectivity index (χ1v) is 7.42. The van der Waals surface area contributed by atoms with Gasteiger partial charge in [-0.2, -0.15) is 0 Å². The molecule has 2 N–H and O–H groups in total. The highest BCUT2D eigenvalue weighted by atomic mass is 15.2. The summed E-state index contributed by atoms with van der Waals surface area (Å²) in [7, 11) is 1.86. The van der Waals surface area contributed by atoms with Gasteiger partial charge in [0.15, 0.2) is 5.96 Å². The summed E-state index contributed by atoms with van der Waals surface area (Å²) in [6.07, 6.45) is 3.88. The smallest absolute Gasteiger partial charge is 0.191 e.